The Labute approximate surface area is 106 Å². The summed E-state index contributed by atoms with van der Waals surface area (Å²) in [6.07, 6.45) is 4.46. The minimum absolute atomic E-state index is 0.393. The first kappa shape index (κ1) is 11.2. The fraction of sp³-hybridized carbons (Fsp3) is 0.286. The average Bonchev–Trinajstić information content (AvgIpc) is 2.74. The highest BCUT2D eigenvalue weighted by Gasteiger charge is 2.29. The third-order valence-corrected chi connectivity index (χ3v) is 3.38. The van der Waals surface area contributed by atoms with Crippen molar-refractivity contribution in [2.75, 3.05) is 4.90 Å². The van der Waals surface area contributed by atoms with Crippen molar-refractivity contribution < 1.29 is 0 Å². The van der Waals surface area contributed by atoms with Crippen molar-refractivity contribution in [3.63, 3.8) is 0 Å². The van der Waals surface area contributed by atoms with E-state index >= 15 is 0 Å². The molecule has 18 heavy (non-hydrogen) atoms. The summed E-state index contributed by atoms with van der Waals surface area (Å²) >= 11 is 0. The Morgan fingerprint density at radius 1 is 1.28 bits per heavy atom. The molecule has 1 aliphatic heterocycles. The molecule has 2 aromatic rings. The quantitative estimate of drug-likeness (QED) is 0.872. The predicted molar refractivity (Wildman–Crippen MR) is 71.7 cm³/mol. The Balaban J connectivity index is 2.12. The minimum atomic E-state index is 0.393. The van der Waals surface area contributed by atoms with E-state index in [0.717, 1.165) is 17.9 Å². The summed E-state index contributed by atoms with van der Waals surface area (Å²) in [6.45, 7) is 2.61. The fourth-order valence-corrected chi connectivity index (χ4v) is 2.59. The summed E-state index contributed by atoms with van der Waals surface area (Å²) in [6, 6.07) is 8.83. The van der Waals surface area contributed by atoms with Crippen LogP contribution in [0.25, 0.3) is 0 Å². The zero-order valence-corrected chi connectivity index (χ0v) is 10.4. The third-order valence-electron chi connectivity index (χ3n) is 3.38. The van der Waals surface area contributed by atoms with E-state index in [1.807, 2.05) is 0 Å². The highest BCUT2D eigenvalue weighted by Crippen LogP contribution is 2.37. The number of nitrogens with two attached hydrogens (primary N) is 1. The summed E-state index contributed by atoms with van der Waals surface area (Å²) in [4.78, 5) is 11.0. The number of anilines is 2. The molecule has 0 bridgehead atoms. The summed E-state index contributed by atoms with van der Waals surface area (Å²) in [5, 5.41) is 0. The van der Waals surface area contributed by atoms with Crippen LogP contribution in [-0.4, -0.2) is 16.0 Å². The molecule has 4 heteroatoms. The number of hydrogen-bond donors (Lipinski definition) is 1. The topological polar surface area (TPSA) is 55.0 Å². The summed E-state index contributed by atoms with van der Waals surface area (Å²) in [5.41, 5.74) is 9.18. The van der Waals surface area contributed by atoms with Crippen molar-refractivity contribution in [2.45, 2.75) is 25.9 Å². The van der Waals surface area contributed by atoms with Gasteiger partial charge >= 0.3 is 0 Å². The number of para-hydroxylation sites is 1. The molecule has 0 radical (unpaired) electrons. The lowest BCUT2D eigenvalue weighted by molar-refractivity contribution is 0.740. The predicted octanol–water partition coefficient (Wildman–Crippen LogP) is 2.02. The van der Waals surface area contributed by atoms with Crippen LogP contribution in [0.4, 0.5) is 11.5 Å². The highest BCUT2D eigenvalue weighted by molar-refractivity contribution is 5.69. The second-order valence-corrected chi connectivity index (χ2v) is 4.58. The van der Waals surface area contributed by atoms with E-state index in [-0.39, 0.29) is 0 Å². The van der Waals surface area contributed by atoms with Gasteiger partial charge in [-0.3, -0.25) is 4.98 Å². The maximum atomic E-state index is 5.75. The summed E-state index contributed by atoms with van der Waals surface area (Å²) in [7, 11) is 0. The van der Waals surface area contributed by atoms with Crippen LogP contribution < -0.4 is 10.6 Å². The second kappa shape index (κ2) is 4.38. The third kappa shape index (κ3) is 1.66. The van der Waals surface area contributed by atoms with Gasteiger partial charge in [-0.05, 0) is 25.0 Å². The second-order valence-electron chi connectivity index (χ2n) is 4.58. The molecule has 92 valence electrons. The first-order chi connectivity index (χ1) is 8.81. The Hall–Kier alpha value is -1.94. The first-order valence-electron chi connectivity index (χ1n) is 6.18. The van der Waals surface area contributed by atoms with Crippen LogP contribution in [0.1, 0.15) is 18.2 Å². The van der Waals surface area contributed by atoms with Gasteiger partial charge in [0.2, 0.25) is 0 Å². The van der Waals surface area contributed by atoms with Crippen LogP contribution in [0.2, 0.25) is 0 Å². The molecule has 4 nitrogen and oxygen atoms in total. The largest absolute Gasteiger partial charge is 0.325 e. The zero-order valence-electron chi connectivity index (χ0n) is 10.4. The van der Waals surface area contributed by atoms with Crippen LogP contribution in [0.5, 0.6) is 0 Å². The van der Waals surface area contributed by atoms with E-state index in [1.165, 1.54) is 11.3 Å². The van der Waals surface area contributed by atoms with E-state index in [0.29, 0.717) is 12.6 Å². The zero-order chi connectivity index (χ0) is 12.5. The maximum Gasteiger partial charge on any atom is 0.156 e. The molecule has 1 aromatic carbocycles. The van der Waals surface area contributed by atoms with Crippen LogP contribution in [0.15, 0.2) is 36.7 Å². The van der Waals surface area contributed by atoms with Gasteiger partial charge in [0.15, 0.2) is 5.82 Å². The van der Waals surface area contributed by atoms with Gasteiger partial charge in [-0.1, -0.05) is 18.2 Å². The van der Waals surface area contributed by atoms with Gasteiger partial charge in [0.25, 0.3) is 0 Å². The number of aromatic nitrogens is 2. The van der Waals surface area contributed by atoms with E-state index in [1.54, 1.807) is 12.4 Å². The van der Waals surface area contributed by atoms with Crippen LogP contribution >= 0.6 is 0 Å². The molecule has 0 spiro atoms. The average molecular weight is 240 g/mol. The smallest absolute Gasteiger partial charge is 0.156 e. The molecular formula is C14H16N4. The van der Waals surface area contributed by atoms with Gasteiger partial charge in [-0.15, -0.1) is 0 Å². The molecule has 1 aliphatic rings. The summed E-state index contributed by atoms with van der Waals surface area (Å²) in [5.74, 6) is 0.887. The number of rotatable bonds is 2. The molecule has 2 heterocycles. The van der Waals surface area contributed by atoms with E-state index < -0.39 is 0 Å². The first-order valence-corrected chi connectivity index (χ1v) is 6.18. The van der Waals surface area contributed by atoms with Crippen LogP contribution in [0.3, 0.4) is 0 Å². The molecule has 0 saturated carbocycles. The normalized spacial score (nSPS) is 17.9. The lowest BCUT2D eigenvalue weighted by Gasteiger charge is -2.25. The standard InChI is InChI=1S/C14H16N4/c1-10-8-11-4-2-3-5-13(11)18(10)14-12(9-15)16-6-7-17-14/h2-7,10H,8-9,15H2,1H3. The van der Waals surface area contributed by atoms with Crippen molar-refractivity contribution in [3.05, 3.63) is 47.9 Å². The van der Waals surface area contributed by atoms with Gasteiger partial charge in [0.1, 0.15) is 0 Å². The van der Waals surface area contributed by atoms with Crippen molar-refractivity contribution in [3.8, 4) is 0 Å². The molecule has 1 aromatic heterocycles. The fourth-order valence-electron chi connectivity index (χ4n) is 2.59. The van der Waals surface area contributed by atoms with Gasteiger partial charge in [-0.2, -0.15) is 0 Å². The highest BCUT2D eigenvalue weighted by atomic mass is 15.2. The summed E-state index contributed by atoms with van der Waals surface area (Å²) < 4.78 is 0. The van der Waals surface area contributed by atoms with Gasteiger partial charge < -0.3 is 10.6 Å². The monoisotopic (exact) mass is 240 g/mol. The van der Waals surface area contributed by atoms with Gasteiger partial charge in [-0.25, -0.2) is 4.98 Å². The van der Waals surface area contributed by atoms with Crippen molar-refractivity contribution in [1.29, 1.82) is 0 Å². The number of nitrogens with zero attached hydrogens (tertiary/aromatic N) is 3. The molecule has 0 amide bonds. The molecular weight excluding hydrogens is 224 g/mol. The number of hydrogen-bond acceptors (Lipinski definition) is 4. The molecule has 0 saturated heterocycles. The number of benzene rings is 1. The SMILES string of the molecule is CC1Cc2ccccc2N1c1nccnc1CN. The number of fused-ring (bicyclic) bond motifs is 1. The lowest BCUT2D eigenvalue weighted by atomic mass is 10.1. The van der Waals surface area contributed by atoms with E-state index in [2.05, 4.69) is 46.1 Å². The van der Waals surface area contributed by atoms with E-state index in [9.17, 15) is 0 Å². The molecule has 0 aliphatic carbocycles. The Kier molecular flexibility index (Phi) is 2.72. The minimum Gasteiger partial charge on any atom is -0.325 e. The Bertz CT molecular complexity index is 567. The Morgan fingerprint density at radius 3 is 2.89 bits per heavy atom. The van der Waals surface area contributed by atoms with Crippen molar-refractivity contribution >= 4 is 11.5 Å². The van der Waals surface area contributed by atoms with Crippen molar-refractivity contribution in [1.82, 2.24) is 9.97 Å². The molecule has 2 N–H and O–H groups in total. The van der Waals surface area contributed by atoms with Crippen molar-refractivity contribution in [2.24, 2.45) is 5.73 Å². The molecule has 0 fully saturated rings. The van der Waals surface area contributed by atoms with E-state index in [4.69, 9.17) is 5.73 Å². The maximum absolute atomic E-state index is 5.75. The van der Waals surface area contributed by atoms with Gasteiger partial charge in [0.05, 0.1) is 5.69 Å². The van der Waals surface area contributed by atoms with Gasteiger partial charge in [0, 0.05) is 30.7 Å². The van der Waals surface area contributed by atoms with Crippen LogP contribution in [-0.2, 0) is 13.0 Å². The van der Waals surface area contributed by atoms with Crippen LogP contribution in [0, 0.1) is 0 Å². The lowest BCUT2D eigenvalue weighted by Crippen LogP contribution is -2.26. The molecule has 1 atom stereocenters. The Morgan fingerprint density at radius 2 is 2.06 bits per heavy atom. The molecule has 3 rings (SSSR count). The molecule has 1 unspecified atom stereocenters.